The highest BCUT2D eigenvalue weighted by Gasteiger charge is 2.43. The quantitative estimate of drug-likeness (QED) is 0.648. The number of hydrogen-bond acceptors (Lipinski definition) is 3. The fourth-order valence-corrected chi connectivity index (χ4v) is 2.98. The topological polar surface area (TPSA) is 45.0 Å². The molecule has 0 radical (unpaired) electrons. The maximum absolute atomic E-state index is 9.41. The third-order valence-corrected chi connectivity index (χ3v) is 4.34. The lowest BCUT2D eigenvalue weighted by atomic mass is 9.99. The van der Waals surface area contributed by atoms with Crippen LogP contribution in [0.15, 0.2) is 0 Å². The molecule has 108 valence electrons. The molecule has 0 spiro atoms. The van der Waals surface area contributed by atoms with Gasteiger partial charge in [0.2, 0.25) is 0 Å². The number of ether oxygens (including phenoxy) is 1. The van der Waals surface area contributed by atoms with Crippen LogP contribution in [0.3, 0.4) is 0 Å². The summed E-state index contributed by atoms with van der Waals surface area (Å²) in [5, 5.41) is 12.9. The van der Waals surface area contributed by atoms with Gasteiger partial charge in [0.1, 0.15) is 5.54 Å². The normalized spacial score (nSPS) is 30.4. The van der Waals surface area contributed by atoms with E-state index in [2.05, 4.69) is 18.3 Å². The van der Waals surface area contributed by atoms with Crippen LogP contribution in [0.1, 0.15) is 71.1 Å². The molecule has 2 atom stereocenters. The fraction of sp³-hybridized carbons (Fsp3) is 0.938. The molecule has 0 bridgehead atoms. The van der Waals surface area contributed by atoms with E-state index < -0.39 is 0 Å². The Hall–Kier alpha value is -0.590. The Morgan fingerprint density at radius 2 is 2.00 bits per heavy atom. The number of nitrogens with one attached hydrogen (secondary N) is 1. The lowest BCUT2D eigenvalue weighted by Crippen LogP contribution is -2.43. The second-order valence-corrected chi connectivity index (χ2v) is 6.26. The summed E-state index contributed by atoms with van der Waals surface area (Å²) in [6, 6.07) is 3.11. The molecule has 0 aromatic rings. The second-order valence-electron chi connectivity index (χ2n) is 6.26. The predicted molar refractivity (Wildman–Crippen MR) is 76.9 cm³/mol. The Kier molecular flexibility index (Phi) is 5.66. The summed E-state index contributed by atoms with van der Waals surface area (Å²) < 4.78 is 5.95. The highest BCUT2D eigenvalue weighted by atomic mass is 16.5. The van der Waals surface area contributed by atoms with Crippen molar-refractivity contribution in [2.75, 3.05) is 6.61 Å². The Balaban J connectivity index is 1.60. The molecule has 2 saturated carbocycles. The van der Waals surface area contributed by atoms with Crippen LogP contribution in [0.4, 0.5) is 0 Å². The molecule has 0 saturated heterocycles. The molecule has 2 unspecified atom stereocenters. The SMILES string of the molecule is CCCCCCCOC1CCC(C#N)(NC2CC2)C1. The maximum Gasteiger partial charge on any atom is 0.109 e. The van der Waals surface area contributed by atoms with Gasteiger partial charge < -0.3 is 4.74 Å². The van der Waals surface area contributed by atoms with Gasteiger partial charge in [-0.3, -0.25) is 5.32 Å². The van der Waals surface area contributed by atoms with Gasteiger partial charge in [0.05, 0.1) is 12.2 Å². The number of nitriles is 1. The number of hydrogen-bond donors (Lipinski definition) is 1. The smallest absolute Gasteiger partial charge is 0.109 e. The molecular formula is C16H28N2O. The standard InChI is InChI=1S/C16H28N2O/c1-2-3-4-5-6-11-19-15-9-10-16(12-15,13-17)18-14-7-8-14/h14-15,18H,2-12H2,1H3. The highest BCUT2D eigenvalue weighted by molar-refractivity contribution is 5.14. The Bertz CT molecular complexity index is 308. The lowest BCUT2D eigenvalue weighted by Gasteiger charge is -2.22. The van der Waals surface area contributed by atoms with E-state index in [9.17, 15) is 5.26 Å². The largest absolute Gasteiger partial charge is 0.378 e. The second kappa shape index (κ2) is 7.26. The van der Waals surface area contributed by atoms with Crippen molar-refractivity contribution < 1.29 is 4.74 Å². The Morgan fingerprint density at radius 3 is 2.68 bits per heavy atom. The van der Waals surface area contributed by atoms with Crippen molar-refractivity contribution in [1.82, 2.24) is 5.32 Å². The summed E-state index contributed by atoms with van der Waals surface area (Å²) in [6.07, 6.45) is 12.1. The van der Waals surface area contributed by atoms with E-state index >= 15 is 0 Å². The molecular weight excluding hydrogens is 236 g/mol. The van der Waals surface area contributed by atoms with Crippen LogP contribution < -0.4 is 5.32 Å². The average Bonchev–Trinajstić information content (AvgIpc) is 3.13. The van der Waals surface area contributed by atoms with Crippen molar-refractivity contribution in [2.24, 2.45) is 0 Å². The molecule has 0 heterocycles. The first kappa shape index (κ1) is 14.8. The third kappa shape index (κ3) is 4.78. The zero-order valence-electron chi connectivity index (χ0n) is 12.3. The molecule has 2 rings (SSSR count). The number of unbranched alkanes of at least 4 members (excludes halogenated alkanes) is 4. The Labute approximate surface area is 117 Å². The van der Waals surface area contributed by atoms with E-state index in [1.807, 2.05) is 0 Å². The van der Waals surface area contributed by atoms with Crippen molar-refractivity contribution in [3.63, 3.8) is 0 Å². The number of rotatable bonds is 9. The van der Waals surface area contributed by atoms with Gasteiger partial charge in [0, 0.05) is 19.1 Å². The molecule has 0 aromatic heterocycles. The molecule has 0 aliphatic heterocycles. The van der Waals surface area contributed by atoms with Crippen LogP contribution in [0.2, 0.25) is 0 Å². The first-order valence-corrected chi connectivity index (χ1v) is 8.08. The molecule has 2 aliphatic rings. The molecule has 2 fully saturated rings. The summed E-state index contributed by atoms with van der Waals surface area (Å²) in [5.74, 6) is 0. The van der Waals surface area contributed by atoms with Crippen molar-refractivity contribution in [3.05, 3.63) is 0 Å². The molecule has 0 amide bonds. The van der Waals surface area contributed by atoms with Gasteiger partial charge in [-0.2, -0.15) is 5.26 Å². The minimum Gasteiger partial charge on any atom is -0.378 e. The van der Waals surface area contributed by atoms with E-state index in [4.69, 9.17) is 4.74 Å². The zero-order chi connectivity index (χ0) is 13.6. The van der Waals surface area contributed by atoms with Gasteiger partial charge in [-0.1, -0.05) is 32.6 Å². The highest BCUT2D eigenvalue weighted by Crippen LogP contribution is 2.35. The van der Waals surface area contributed by atoms with Gasteiger partial charge >= 0.3 is 0 Å². The third-order valence-electron chi connectivity index (χ3n) is 4.34. The van der Waals surface area contributed by atoms with Gasteiger partial charge in [0.15, 0.2) is 0 Å². The van der Waals surface area contributed by atoms with Crippen molar-refractivity contribution in [3.8, 4) is 6.07 Å². The minimum absolute atomic E-state index is 0.284. The van der Waals surface area contributed by atoms with E-state index in [0.717, 1.165) is 25.9 Å². The van der Waals surface area contributed by atoms with Crippen molar-refractivity contribution in [1.29, 1.82) is 5.26 Å². The summed E-state index contributed by atoms with van der Waals surface area (Å²) >= 11 is 0. The monoisotopic (exact) mass is 264 g/mol. The lowest BCUT2D eigenvalue weighted by molar-refractivity contribution is 0.0519. The summed E-state index contributed by atoms with van der Waals surface area (Å²) in [4.78, 5) is 0. The van der Waals surface area contributed by atoms with Crippen molar-refractivity contribution >= 4 is 0 Å². The van der Waals surface area contributed by atoms with Gasteiger partial charge in [-0.25, -0.2) is 0 Å². The van der Waals surface area contributed by atoms with E-state index in [0.29, 0.717) is 12.1 Å². The van der Waals surface area contributed by atoms with Gasteiger partial charge in [-0.15, -0.1) is 0 Å². The van der Waals surface area contributed by atoms with Crippen LogP contribution in [0.25, 0.3) is 0 Å². The van der Waals surface area contributed by atoms with E-state index in [1.54, 1.807) is 0 Å². The van der Waals surface area contributed by atoms with Crippen LogP contribution in [0, 0.1) is 11.3 Å². The molecule has 0 aromatic carbocycles. The predicted octanol–water partition coefficient (Wildman–Crippen LogP) is 3.54. The van der Waals surface area contributed by atoms with Gasteiger partial charge in [0.25, 0.3) is 0 Å². The van der Waals surface area contributed by atoms with Crippen LogP contribution in [0.5, 0.6) is 0 Å². The Morgan fingerprint density at radius 1 is 1.21 bits per heavy atom. The summed E-state index contributed by atoms with van der Waals surface area (Å²) in [7, 11) is 0. The zero-order valence-corrected chi connectivity index (χ0v) is 12.3. The molecule has 3 heteroatoms. The number of nitrogens with zero attached hydrogens (tertiary/aromatic N) is 1. The fourth-order valence-electron chi connectivity index (χ4n) is 2.98. The van der Waals surface area contributed by atoms with Crippen LogP contribution >= 0.6 is 0 Å². The first-order valence-electron chi connectivity index (χ1n) is 8.08. The summed E-state index contributed by atoms with van der Waals surface area (Å²) in [5.41, 5.74) is -0.284. The van der Waals surface area contributed by atoms with Crippen LogP contribution in [-0.2, 0) is 4.74 Å². The molecule has 3 nitrogen and oxygen atoms in total. The maximum atomic E-state index is 9.41. The average molecular weight is 264 g/mol. The van der Waals surface area contributed by atoms with E-state index in [-0.39, 0.29) is 5.54 Å². The molecule has 1 N–H and O–H groups in total. The van der Waals surface area contributed by atoms with Crippen molar-refractivity contribution in [2.45, 2.75) is 88.8 Å². The summed E-state index contributed by atoms with van der Waals surface area (Å²) in [6.45, 7) is 3.11. The molecule has 2 aliphatic carbocycles. The first-order chi connectivity index (χ1) is 9.28. The van der Waals surface area contributed by atoms with Crippen LogP contribution in [-0.4, -0.2) is 24.3 Å². The van der Waals surface area contributed by atoms with Gasteiger partial charge in [-0.05, 0) is 32.1 Å². The molecule has 19 heavy (non-hydrogen) atoms. The van der Waals surface area contributed by atoms with E-state index in [1.165, 1.54) is 44.9 Å². The minimum atomic E-state index is -0.284.